The first-order valence-electron chi connectivity index (χ1n) is 10.5. The van der Waals surface area contributed by atoms with Crippen LogP contribution in [0.3, 0.4) is 0 Å². The third-order valence-electron chi connectivity index (χ3n) is 4.52. The minimum atomic E-state index is -0.543. The average Bonchev–Trinajstić information content (AvgIpc) is 3.29. The first kappa shape index (κ1) is 26.0. The summed E-state index contributed by atoms with van der Waals surface area (Å²) >= 11 is 1.78. The molecule has 1 aliphatic heterocycles. The van der Waals surface area contributed by atoms with Gasteiger partial charge in [-0.2, -0.15) is 11.8 Å². The van der Waals surface area contributed by atoms with E-state index in [1.54, 1.807) is 17.8 Å². The van der Waals surface area contributed by atoms with Crippen molar-refractivity contribution < 1.29 is 34.1 Å². The summed E-state index contributed by atoms with van der Waals surface area (Å²) in [6.45, 7) is 0.542. The summed E-state index contributed by atoms with van der Waals surface area (Å²) < 4.78 is 0. The molecule has 2 N–H and O–H groups in total. The Hall–Kier alpha value is -2.25. The Bertz CT molecular complexity index is 758. The lowest BCUT2D eigenvalue weighted by atomic mass is 10.1. The van der Waals surface area contributed by atoms with Crippen LogP contribution in [0.15, 0.2) is 18.2 Å². The second-order valence-electron chi connectivity index (χ2n) is 7.03. The molecule has 12 heteroatoms. The number of thioether (sulfide) groups is 1. The molecule has 0 saturated carbocycles. The van der Waals surface area contributed by atoms with Crippen LogP contribution in [0.4, 0.5) is 5.69 Å². The number of aliphatic hydroxyl groups is 1. The van der Waals surface area contributed by atoms with E-state index in [2.05, 4.69) is 5.32 Å². The van der Waals surface area contributed by atoms with Crippen molar-refractivity contribution in [1.82, 2.24) is 10.7 Å². The van der Waals surface area contributed by atoms with Gasteiger partial charge in [0.1, 0.15) is 18.6 Å². The van der Waals surface area contributed by atoms with Gasteiger partial charge in [0.25, 0.3) is 5.69 Å². The summed E-state index contributed by atoms with van der Waals surface area (Å²) in [5.74, 6) is 1.37. The molecule has 178 valence electrons. The van der Waals surface area contributed by atoms with Crippen molar-refractivity contribution in [2.24, 2.45) is 0 Å². The first-order chi connectivity index (χ1) is 15.5. The zero-order chi connectivity index (χ0) is 23.2. The van der Waals surface area contributed by atoms with Gasteiger partial charge >= 0.3 is 5.97 Å². The zero-order valence-electron chi connectivity index (χ0n) is 17.8. The van der Waals surface area contributed by atoms with Gasteiger partial charge in [0, 0.05) is 25.5 Å². The van der Waals surface area contributed by atoms with Gasteiger partial charge < -0.3 is 15.3 Å². The van der Waals surface area contributed by atoms with Crippen molar-refractivity contribution in [2.75, 3.05) is 24.7 Å². The topological polar surface area (TPSA) is 140 Å². The van der Waals surface area contributed by atoms with Gasteiger partial charge in [-0.25, -0.2) is 9.68 Å². The Kier molecular flexibility index (Phi) is 12.0. The third kappa shape index (κ3) is 9.92. The summed E-state index contributed by atoms with van der Waals surface area (Å²) in [5, 5.41) is 23.7. The fourth-order valence-electron chi connectivity index (χ4n) is 2.82. The Morgan fingerprint density at radius 1 is 1.16 bits per heavy atom. The van der Waals surface area contributed by atoms with Gasteiger partial charge in [0.05, 0.1) is 17.1 Å². The lowest BCUT2D eigenvalue weighted by Gasteiger charge is -2.10. The van der Waals surface area contributed by atoms with Crippen molar-refractivity contribution in [2.45, 2.75) is 51.7 Å². The van der Waals surface area contributed by atoms with E-state index >= 15 is 0 Å². The number of nitrogens with one attached hydrogen (secondary N) is 1. The highest BCUT2D eigenvalue weighted by Crippen LogP contribution is 2.20. The Morgan fingerprint density at radius 2 is 1.84 bits per heavy atom. The lowest BCUT2D eigenvalue weighted by Crippen LogP contribution is -2.22. The molecule has 0 aromatic heterocycles. The molecule has 1 aromatic carbocycles. The second kappa shape index (κ2) is 14.7. The number of nitrogens with zero attached hydrogens (tertiary/aromatic N) is 2. The van der Waals surface area contributed by atoms with Gasteiger partial charge in [0.2, 0.25) is 5.91 Å². The molecule has 1 aromatic rings. The highest BCUT2D eigenvalue weighted by atomic mass is 32.2. The van der Waals surface area contributed by atoms with Crippen LogP contribution in [0.25, 0.3) is 0 Å². The summed E-state index contributed by atoms with van der Waals surface area (Å²) in [5.41, 5.74) is 0.707. The minimum Gasteiger partial charge on any atom is -0.391 e. The standard InChI is InChI=1S/C20H29N3O8S/c24-15-17-8-7-16(13-18(17)22(27)28)14-21-19(25)5-1-3-11-32-12-4-2-6-20(26)31-23-29-9-10-30-23/h7-8,13,24H,1-6,9-12,14-15H2,(H,21,25). The number of nitro benzene ring substituents is 1. The Balaban J connectivity index is 1.46. The number of carbonyl (C=O) groups excluding carboxylic acids is 2. The average molecular weight is 472 g/mol. The maximum atomic E-state index is 12.0. The van der Waals surface area contributed by atoms with E-state index in [1.165, 1.54) is 12.1 Å². The van der Waals surface area contributed by atoms with Gasteiger partial charge in [-0.15, -0.1) is 0 Å². The number of nitro groups is 1. The highest BCUT2D eigenvalue weighted by molar-refractivity contribution is 7.99. The van der Waals surface area contributed by atoms with Crippen molar-refractivity contribution in [3.63, 3.8) is 0 Å². The Labute approximate surface area is 190 Å². The molecule has 0 atom stereocenters. The number of hydrogen-bond donors (Lipinski definition) is 2. The van der Waals surface area contributed by atoms with Crippen molar-refractivity contribution in [3.8, 4) is 0 Å². The molecule has 32 heavy (non-hydrogen) atoms. The van der Waals surface area contributed by atoms with Crippen molar-refractivity contribution >= 4 is 29.3 Å². The van der Waals surface area contributed by atoms with E-state index in [-0.39, 0.29) is 29.7 Å². The number of benzene rings is 1. The maximum Gasteiger partial charge on any atom is 0.330 e. The van der Waals surface area contributed by atoms with Crippen LogP contribution in [0, 0.1) is 10.1 Å². The number of amides is 1. The molecule has 1 fully saturated rings. The van der Waals surface area contributed by atoms with E-state index in [4.69, 9.17) is 19.6 Å². The summed E-state index contributed by atoms with van der Waals surface area (Å²) in [6.07, 6.45) is 3.97. The van der Waals surface area contributed by atoms with E-state index < -0.39 is 11.5 Å². The Morgan fingerprint density at radius 3 is 2.50 bits per heavy atom. The summed E-state index contributed by atoms with van der Waals surface area (Å²) in [4.78, 5) is 48.6. The van der Waals surface area contributed by atoms with Crippen LogP contribution in [0.2, 0.25) is 0 Å². The summed E-state index contributed by atoms with van der Waals surface area (Å²) in [7, 11) is 0. The molecule has 0 aliphatic carbocycles. The van der Waals surface area contributed by atoms with Gasteiger partial charge in [-0.1, -0.05) is 6.07 Å². The number of hydrogen-bond acceptors (Lipinski definition) is 10. The minimum absolute atomic E-state index is 0.103. The fraction of sp³-hybridized carbons (Fsp3) is 0.600. The molecule has 0 radical (unpaired) electrons. The van der Waals surface area contributed by atoms with Crippen LogP contribution in [0.5, 0.6) is 0 Å². The van der Waals surface area contributed by atoms with E-state index in [0.29, 0.717) is 31.6 Å². The predicted octanol–water partition coefficient (Wildman–Crippen LogP) is 2.41. The smallest absolute Gasteiger partial charge is 0.330 e. The monoisotopic (exact) mass is 471 g/mol. The van der Waals surface area contributed by atoms with Gasteiger partial charge in [-0.3, -0.25) is 19.7 Å². The molecule has 1 amide bonds. The first-order valence-corrected chi connectivity index (χ1v) is 11.6. The zero-order valence-corrected chi connectivity index (χ0v) is 18.6. The van der Waals surface area contributed by atoms with Crippen molar-refractivity contribution in [1.29, 1.82) is 0 Å². The number of aliphatic hydroxyl groups excluding tert-OH is 1. The molecule has 0 unspecified atom stereocenters. The normalized spacial score (nSPS) is 13.8. The largest absolute Gasteiger partial charge is 0.391 e. The molecule has 0 spiro atoms. The number of rotatable bonds is 15. The molecule has 1 saturated heterocycles. The molecule has 11 nitrogen and oxygen atoms in total. The third-order valence-corrected chi connectivity index (χ3v) is 5.68. The molecule has 1 heterocycles. The highest BCUT2D eigenvalue weighted by Gasteiger charge is 2.18. The van der Waals surface area contributed by atoms with Crippen LogP contribution >= 0.6 is 11.8 Å². The predicted molar refractivity (Wildman–Crippen MR) is 116 cm³/mol. The quantitative estimate of drug-likeness (QED) is 0.222. The maximum absolute atomic E-state index is 12.0. The van der Waals surface area contributed by atoms with E-state index in [1.807, 2.05) is 0 Å². The van der Waals surface area contributed by atoms with E-state index in [0.717, 1.165) is 42.6 Å². The van der Waals surface area contributed by atoms with Crippen molar-refractivity contribution in [3.05, 3.63) is 39.4 Å². The van der Waals surface area contributed by atoms with Crippen LogP contribution in [-0.4, -0.2) is 52.0 Å². The van der Waals surface area contributed by atoms with Crippen LogP contribution in [-0.2, 0) is 37.3 Å². The summed E-state index contributed by atoms with van der Waals surface area (Å²) in [6, 6.07) is 4.52. The molecular weight excluding hydrogens is 442 g/mol. The lowest BCUT2D eigenvalue weighted by molar-refractivity contribution is -0.460. The van der Waals surface area contributed by atoms with Crippen LogP contribution < -0.4 is 5.32 Å². The number of unbranched alkanes of at least 4 members (excludes halogenated alkanes) is 2. The molecule has 1 aliphatic rings. The van der Waals surface area contributed by atoms with Gasteiger partial charge in [0.15, 0.2) is 0 Å². The van der Waals surface area contributed by atoms with E-state index in [9.17, 15) is 19.7 Å². The number of carbonyl (C=O) groups is 2. The van der Waals surface area contributed by atoms with Gasteiger partial charge in [-0.05, 0) is 48.8 Å². The van der Waals surface area contributed by atoms with Crippen LogP contribution in [0.1, 0.15) is 49.7 Å². The molecular formula is C20H29N3O8S. The molecule has 0 bridgehead atoms. The second-order valence-corrected chi connectivity index (χ2v) is 8.26. The SMILES string of the molecule is O=C(CCCCSCCCCC(=O)ON1OCCO1)NCc1ccc(CO)c([N+](=O)[O-])c1. The molecule has 2 rings (SSSR count). The fourth-order valence-corrected chi connectivity index (χ4v) is 3.84.